The number of nitrogens with two attached hydrogens (primary N) is 1. The molecular weight excluding hydrogens is 590 g/mol. The van der Waals surface area contributed by atoms with E-state index in [1.807, 2.05) is 30.5 Å². The van der Waals surface area contributed by atoms with E-state index in [-0.39, 0.29) is 29.8 Å². The number of allylic oxidation sites excluding steroid dienone is 3. The minimum atomic E-state index is -1.07. The molecule has 47 heavy (non-hydrogen) atoms. The van der Waals surface area contributed by atoms with Gasteiger partial charge in [0.1, 0.15) is 0 Å². The number of aliphatic hydroxyl groups excluding tert-OH is 2. The van der Waals surface area contributed by atoms with Gasteiger partial charge in [0.2, 0.25) is 0 Å². The number of dihydropyridines is 1. The second-order valence-corrected chi connectivity index (χ2v) is 15.0. The first-order chi connectivity index (χ1) is 22.7. The molecule has 1 aliphatic heterocycles. The minimum Gasteiger partial charge on any atom is -0.481 e. The molecule has 3 aliphatic carbocycles. The van der Waals surface area contributed by atoms with Crippen LogP contribution in [0.15, 0.2) is 66.2 Å². The quantitative estimate of drug-likeness (QED) is 0.0810. The van der Waals surface area contributed by atoms with E-state index in [2.05, 4.69) is 41.5 Å². The Morgan fingerprint density at radius 3 is 2.62 bits per heavy atom. The highest BCUT2D eigenvalue weighted by atomic mass is 16.4. The van der Waals surface area contributed by atoms with E-state index in [1.165, 1.54) is 24.8 Å². The summed E-state index contributed by atoms with van der Waals surface area (Å²) in [4.78, 5) is 15.7. The van der Waals surface area contributed by atoms with Crippen LogP contribution >= 0.6 is 0 Å². The zero-order chi connectivity index (χ0) is 33.4. The van der Waals surface area contributed by atoms with Gasteiger partial charge in [-0.25, -0.2) is 0 Å². The fourth-order valence-electron chi connectivity index (χ4n) is 9.06. The number of aromatic amines is 1. The number of fused-ring (bicyclic) bond motifs is 1. The number of aromatic nitrogens is 1. The van der Waals surface area contributed by atoms with Crippen molar-refractivity contribution in [2.75, 3.05) is 6.54 Å². The number of carbonyl (C=O) groups is 1. The first-order valence-corrected chi connectivity index (χ1v) is 18.4. The van der Waals surface area contributed by atoms with Crippen molar-refractivity contribution in [1.82, 2.24) is 10.3 Å². The van der Waals surface area contributed by atoms with Gasteiger partial charge in [-0.1, -0.05) is 75.8 Å². The summed E-state index contributed by atoms with van der Waals surface area (Å²) in [6, 6.07) is 4.02. The first kappa shape index (κ1) is 35.5. The van der Waals surface area contributed by atoms with E-state index in [0.717, 1.165) is 50.6 Å². The van der Waals surface area contributed by atoms with E-state index < -0.39 is 29.5 Å². The Bertz CT molecular complexity index is 1270. The molecule has 8 nitrogen and oxygen atoms in total. The van der Waals surface area contributed by atoms with Crippen molar-refractivity contribution in [2.24, 2.45) is 47.2 Å². The van der Waals surface area contributed by atoms with Gasteiger partial charge in [0, 0.05) is 36.2 Å². The van der Waals surface area contributed by atoms with Gasteiger partial charge >= 0.3 is 5.97 Å². The highest BCUT2D eigenvalue weighted by Gasteiger charge is 2.55. The number of nitrogens with one attached hydrogen (secondary N) is 2. The maximum Gasteiger partial charge on any atom is 0.309 e. The van der Waals surface area contributed by atoms with E-state index in [4.69, 9.17) is 5.73 Å². The molecule has 1 fully saturated rings. The molecule has 10 atom stereocenters. The summed E-state index contributed by atoms with van der Waals surface area (Å²) in [5.41, 5.74) is 7.26. The highest BCUT2D eigenvalue weighted by Crippen LogP contribution is 2.54. The van der Waals surface area contributed by atoms with Crippen LogP contribution in [-0.4, -0.2) is 55.7 Å². The summed E-state index contributed by atoms with van der Waals surface area (Å²) in [5.74, 6) is -0.839. The van der Waals surface area contributed by atoms with Crippen LogP contribution in [0.2, 0.25) is 0 Å². The number of aliphatic hydroxyl groups is 3. The lowest BCUT2D eigenvalue weighted by Crippen LogP contribution is -2.48. The topological polar surface area (TPSA) is 152 Å². The SMILES string of the molecule is CCCCC[C@@H]1C=C[C@@H](CCCCC[C@H](C(=O)O)[C@H](O)[C@@H]2C=C[C@H]3[C@@H](CC4=CCNC(N)=C4)C[C@@H](Cc4ccc[nH]4)[C@@]3(O)C2)[C@H](O)C1. The molecule has 5 rings (SSSR count). The Morgan fingerprint density at radius 2 is 1.89 bits per heavy atom. The number of aliphatic carboxylic acids is 1. The zero-order valence-electron chi connectivity index (χ0n) is 28.3. The van der Waals surface area contributed by atoms with E-state index in [1.54, 1.807) is 0 Å². The molecule has 8 N–H and O–H groups in total. The van der Waals surface area contributed by atoms with Crippen molar-refractivity contribution in [2.45, 2.75) is 115 Å². The van der Waals surface area contributed by atoms with Crippen LogP contribution in [0, 0.1) is 41.4 Å². The predicted molar refractivity (Wildman–Crippen MR) is 186 cm³/mol. The number of unbranched alkanes of at least 4 members (excludes halogenated alkanes) is 4. The fraction of sp³-hybridized carbons (Fsp3) is 0.667. The summed E-state index contributed by atoms with van der Waals surface area (Å²) in [6.45, 7) is 2.91. The van der Waals surface area contributed by atoms with Crippen LogP contribution in [-0.2, 0) is 11.2 Å². The molecule has 0 unspecified atom stereocenters. The number of carboxylic acid groups (broad SMARTS) is 1. The van der Waals surface area contributed by atoms with Crippen molar-refractivity contribution >= 4 is 5.97 Å². The molecule has 4 aliphatic rings. The van der Waals surface area contributed by atoms with Gasteiger partial charge in [-0.3, -0.25) is 4.79 Å². The molecule has 1 aromatic heterocycles. The Hall–Kier alpha value is -2.81. The summed E-state index contributed by atoms with van der Waals surface area (Å²) >= 11 is 0. The molecule has 1 aromatic rings. The Labute approximate surface area is 281 Å². The van der Waals surface area contributed by atoms with Crippen LogP contribution in [0.4, 0.5) is 0 Å². The van der Waals surface area contributed by atoms with E-state index >= 15 is 0 Å². The van der Waals surface area contributed by atoms with Crippen molar-refractivity contribution < 1.29 is 25.2 Å². The van der Waals surface area contributed by atoms with Crippen molar-refractivity contribution in [3.8, 4) is 0 Å². The molecule has 260 valence electrons. The molecule has 1 saturated carbocycles. The molecular formula is C39H59N3O5. The van der Waals surface area contributed by atoms with Crippen molar-refractivity contribution in [1.29, 1.82) is 0 Å². The van der Waals surface area contributed by atoms with Crippen LogP contribution in [0.3, 0.4) is 0 Å². The van der Waals surface area contributed by atoms with Crippen LogP contribution in [0.1, 0.15) is 96.1 Å². The molecule has 0 bridgehead atoms. The van der Waals surface area contributed by atoms with Crippen molar-refractivity contribution in [3.05, 3.63) is 71.9 Å². The average Bonchev–Trinajstić information content (AvgIpc) is 3.65. The number of H-pyrrole nitrogens is 1. The molecule has 2 heterocycles. The van der Waals surface area contributed by atoms with Gasteiger partial charge in [0.05, 0.1) is 29.5 Å². The number of hydrogen-bond acceptors (Lipinski definition) is 6. The third-order valence-electron chi connectivity index (χ3n) is 11.7. The second kappa shape index (κ2) is 16.5. The summed E-state index contributed by atoms with van der Waals surface area (Å²) < 4.78 is 0. The number of rotatable bonds is 17. The van der Waals surface area contributed by atoms with Crippen molar-refractivity contribution in [3.63, 3.8) is 0 Å². The Balaban J connectivity index is 1.17. The molecule has 0 radical (unpaired) electrons. The maximum absolute atomic E-state index is 12.4. The lowest BCUT2D eigenvalue weighted by molar-refractivity contribution is -0.148. The lowest BCUT2D eigenvalue weighted by Gasteiger charge is -2.42. The van der Waals surface area contributed by atoms with Gasteiger partial charge < -0.3 is 36.5 Å². The third-order valence-corrected chi connectivity index (χ3v) is 11.7. The number of carboxylic acids is 1. The van der Waals surface area contributed by atoms with Gasteiger partial charge in [0.25, 0.3) is 0 Å². The molecule has 8 heteroatoms. The van der Waals surface area contributed by atoms with Gasteiger partial charge in [-0.05, 0) is 92.9 Å². The summed E-state index contributed by atoms with van der Waals surface area (Å²) in [5, 5.41) is 47.9. The molecule has 0 aromatic carbocycles. The Morgan fingerprint density at radius 1 is 1.06 bits per heavy atom. The third kappa shape index (κ3) is 9.01. The average molecular weight is 650 g/mol. The fourth-order valence-corrected chi connectivity index (χ4v) is 9.06. The Kier molecular flexibility index (Phi) is 12.5. The van der Waals surface area contributed by atoms with E-state index in [9.17, 15) is 25.2 Å². The molecule has 0 saturated heterocycles. The summed E-state index contributed by atoms with van der Waals surface area (Å²) in [7, 11) is 0. The largest absolute Gasteiger partial charge is 0.481 e. The zero-order valence-corrected chi connectivity index (χ0v) is 28.3. The van der Waals surface area contributed by atoms with Gasteiger partial charge in [-0.15, -0.1) is 0 Å². The van der Waals surface area contributed by atoms with Crippen LogP contribution < -0.4 is 11.1 Å². The summed E-state index contributed by atoms with van der Waals surface area (Å²) in [6.07, 6.45) is 25.4. The normalized spacial score (nSPS) is 33.1. The number of hydrogen-bond donors (Lipinski definition) is 7. The smallest absolute Gasteiger partial charge is 0.309 e. The minimum absolute atomic E-state index is 0.0153. The highest BCUT2D eigenvalue weighted by molar-refractivity contribution is 5.70. The first-order valence-electron chi connectivity index (χ1n) is 18.4. The molecule has 0 amide bonds. The lowest BCUT2D eigenvalue weighted by atomic mass is 9.68. The standard InChI is InChI=1S/C39H59N3O5/c1-2-3-5-9-26-13-14-28(35(43)21-26)10-6-4-7-12-33(38(45)46)37(44)29-15-16-34-30(20-27-17-19-42-36(40)22-27)23-31(39(34,47)25-29)24-32-11-8-18-41-32/h8,11,13-18,22,26,28-31,33-35,37,41-44,47H,2-7,9-10,12,19-21,23-25,40H2,1H3,(H,45,46)/t26-,28-,29-,30+,31+,33+,34+,35-,37-,39+/m1/s1. The van der Waals surface area contributed by atoms with E-state index in [0.29, 0.717) is 44.0 Å². The maximum atomic E-state index is 12.4. The van der Waals surface area contributed by atoms with Crippen LogP contribution in [0.5, 0.6) is 0 Å². The molecule has 0 spiro atoms. The van der Waals surface area contributed by atoms with Gasteiger partial charge in [0.15, 0.2) is 0 Å². The second-order valence-electron chi connectivity index (χ2n) is 15.0. The van der Waals surface area contributed by atoms with Gasteiger partial charge in [-0.2, -0.15) is 0 Å². The monoisotopic (exact) mass is 649 g/mol. The van der Waals surface area contributed by atoms with Crippen LogP contribution in [0.25, 0.3) is 0 Å². The predicted octanol–water partition coefficient (Wildman–Crippen LogP) is 5.98.